The van der Waals surface area contributed by atoms with E-state index in [4.69, 9.17) is 5.73 Å². The van der Waals surface area contributed by atoms with E-state index >= 15 is 0 Å². The number of carbonyl (C=O) groups is 1. The first-order valence-electron chi connectivity index (χ1n) is 6.46. The van der Waals surface area contributed by atoms with Crippen molar-refractivity contribution in [3.8, 4) is 0 Å². The number of hydrogen-bond donors (Lipinski definition) is 1. The number of hydrogen-bond acceptors (Lipinski definition) is 2. The summed E-state index contributed by atoms with van der Waals surface area (Å²) in [6.07, 6.45) is 0.706. The van der Waals surface area contributed by atoms with Crippen LogP contribution in [0.4, 0.5) is 8.78 Å². The van der Waals surface area contributed by atoms with Gasteiger partial charge in [-0.1, -0.05) is 0 Å². The Morgan fingerprint density at radius 1 is 1.37 bits per heavy atom. The molecular formula is C14H18F2N2O. The Morgan fingerprint density at radius 3 is 2.47 bits per heavy atom. The summed E-state index contributed by atoms with van der Waals surface area (Å²) in [5.74, 6) is -2.98. The Morgan fingerprint density at radius 2 is 1.95 bits per heavy atom. The van der Waals surface area contributed by atoms with Gasteiger partial charge in [0.15, 0.2) is 0 Å². The number of primary amides is 1. The fourth-order valence-electron chi connectivity index (χ4n) is 2.70. The Balaban J connectivity index is 2.27. The van der Waals surface area contributed by atoms with Crippen molar-refractivity contribution in [1.82, 2.24) is 4.98 Å². The highest BCUT2D eigenvalue weighted by Gasteiger charge is 2.36. The minimum absolute atomic E-state index is 0.0558. The molecule has 3 nitrogen and oxygen atoms in total. The molecule has 0 radical (unpaired) electrons. The number of nitrogens with two attached hydrogens (primary N) is 1. The van der Waals surface area contributed by atoms with Gasteiger partial charge in [-0.2, -0.15) is 0 Å². The lowest BCUT2D eigenvalue weighted by Gasteiger charge is -2.29. The van der Waals surface area contributed by atoms with E-state index in [2.05, 4.69) is 4.98 Å². The van der Waals surface area contributed by atoms with Crippen molar-refractivity contribution in [1.29, 1.82) is 0 Å². The van der Waals surface area contributed by atoms with Crippen LogP contribution >= 0.6 is 0 Å². The molecule has 1 heterocycles. The van der Waals surface area contributed by atoms with Crippen LogP contribution in [0.15, 0.2) is 6.07 Å². The van der Waals surface area contributed by atoms with Crippen LogP contribution in [0.3, 0.4) is 0 Å². The SMILES string of the molecule is Cc1cc(C(N)=O)c(C)nc1C1CCC(F)(F)CC1. The summed E-state index contributed by atoms with van der Waals surface area (Å²) in [5.41, 5.74) is 7.94. The highest BCUT2D eigenvalue weighted by atomic mass is 19.3. The molecule has 1 amide bonds. The van der Waals surface area contributed by atoms with Gasteiger partial charge in [-0.25, -0.2) is 8.78 Å². The third kappa shape index (κ3) is 2.91. The van der Waals surface area contributed by atoms with Crippen molar-refractivity contribution in [2.75, 3.05) is 0 Å². The number of halogens is 2. The molecule has 0 unspecified atom stereocenters. The second kappa shape index (κ2) is 4.87. The molecule has 0 aliphatic heterocycles. The molecule has 0 saturated heterocycles. The summed E-state index contributed by atoms with van der Waals surface area (Å²) in [5, 5.41) is 0. The van der Waals surface area contributed by atoms with Crippen molar-refractivity contribution in [2.45, 2.75) is 51.4 Å². The molecule has 1 aromatic rings. The summed E-state index contributed by atoms with van der Waals surface area (Å²) in [4.78, 5) is 15.6. The first-order chi connectivity index (χ1) is 8.80. The van der Waals surface area contributed by atoms with E-state index in [1.54, 1.807) is 13.0 Å². The number of nitrogens with zero attached hydrogens (tertiary/aromatic N) is 1. The third-order valence-electron chi connectivity index (χ3n) is 3.81. The smallest absolute Gasteiger partial charge is 0.250 e. The number of alkyl halides is 2. The molecule has 1 saturated carbocycles. The van der Waals surface area contributed by atoms with Gasteiger partial charge in [0.25, 0.3) is 5.91 Å². The van der Waals surface area contributed by atoms with Crippen LogP contribution in [-0.4, -0.2) is 16.8 Å². The van der Waals surface area contributed by atoms with Crippen molar-refractivity contribution >= 4 is 5.91 Å². The quantitative estimate of drug-likeness (QED) is 0.896. The monoisotopic (exact) mass is 268 g/mol. The number of pyridine rings is 1. The van der Waals surface area contributed by atoms with Gasteiger partial charge in [0.05, 0.1) is 11.3 Å². The van der Waals surface area contributed by atoms with Crippen LogP contribution in [0, 0.1) is 13.8 Å². The minimum Gasteiger partial charge on any atom is -0.366 e. The van der Waals surface area contributed by atoms with Gasteiger partial charge >= 0.3 is 0 Å². The third-order valence-corrected chi connectivity index (χ3v) is 3.81. The van der Waals surface area contributed by atoms with E-state index in [9.17, 15) is 13.6 Å². The highest BCUT2D eigenvalue weighted by molar-refractivity contribution is 5.94. The van der Waals surface area contributed by atoms with Crippen molar-refractivity contribution in [2.24, 2.45) is 5.73 Å². The number of rotatable bonds is 2. The first kappa shape index (κ1) is 13.9. The van der Waals surface area contributed by atoms with E-state index in [-0.39, 0.29) is 18.8 Å². The minimum atomic E-state index is -2.54. The molecule has 1 aliphatic carbocycles. The van der Waals surface area contributed by atoms with Crippen molar-refractivity contribution in [3.05, 3.63) is 28.6 Å². The summed E-state index contributed by atoms with van der Waals surface area (Å²) >= 11 is 0. The topological polar surface area (TPSA) is 56.0 Å². The number of carbonyl (C=O) groups excluding carboxylic acids is 1. The van der Waals surface area contributed by atoms with E-state index in [0.29, 0.717) is 24.1 Å². The molecule has 5 heteroatoms. The van der Waals surface area contributed by atoms with Gasteiger partial charge in [0.1, 0.15) is 0 Å². The maximum Gasteiger partial charge on any atom is 0.250 e. The fraction of sp³-hybridized carbons (Fsp3) is 0.571. The Labute approximate surface area is 111 Å². The normalized spacial score (nSPS) is 19.4. The van der Waals surface area contributed by atoms with E-state index in [1.165, 1.54) is 0 Å². The summed E-state index contributed by atoms with van der Waals surface area (Å²) < 4.78 is 26.3. The summed E-state index contributed by atoms with van der Waals surface area (Å²) in [7, 11) is 0. The van der Waals surface area contributed by atoms with E-state index in [0.717, 1.165) is 11.3 Å². The van der Waals surface area contributed by atoms with Gasteiger partial charge in [-0.3, -0.25) is 9.78 Å². The molecule has 104 valence electrons. The molecule has 1 aliphatic rings. The molecule has 0 aromatic carbocycles. The number of aromatic nitrogens is 1. The van der Waals surface area contributed by atoms with E-state index in [1.807, 2.05) is 6.92 Å². The maximum atomic E-state index is 13.2. The first-order valence-corrected chi connectivity index (χ1v) is 6.46. The lowest BCUT2D eigenvalue weighted by Crippen LogP contribution is -2.25. The van der Waals surface area contributed by atoms with Gasteiger partial charge in [-0.15, -0.1) is 0 Å². The summed E-state index contributed by atoms with van der Waals surface area (Å²) in [6.45, 7) is 3.57. The number of amides is 1. The van der Waals surface area contributed by atoms with Gasteiger partial charge in [-0.05, 0) is 38.3 Å². The zero-order valence-electron chi connectivity index (χ0n) is 11.2. The standard InChI is InChI=1S/C14H18F2N2O/c1-8-7-11(13(17)19)9(2)18-12(8)10-3-5-14(15,16)6-4-10/h7,10H,3-6H2,1-2H3,(H2,17,19). The average molecular weight is 268 g/mol. The second-order valence-electron chi connectivity index (χ2n) is 5.32. The van der Waals surface area contributed by atoms with Crippen LogP contribution in [0.25, 0.3) is 0 Å². The van der Waals surface area contributed by atoms with Crippen molar-refractivity contribution < 1.29 is 13.6 Å². The molecule has 0 bridgehead atoms. The Kier molecular flexibility index (Phi) is 3.56. The lowest BCUT2D eigenvalue weighted by molar-refractivity contribution is -0.0385. The predicted molar refractivity (Wildman–Crippen MR) is 68.4 cm³/mol. The fourth-order valence-corrected chi connectivity index (χ4v) is 2.70. The molecule has 2 N–H and O–H groups in total. The molecule has 0 spiro atoms. The lowest BCUT2D eigenvalue weighted by atomic mass is 9.83. The van der Waals surface area contributed by atoms with Crippen LogP contribution in [0.5, 0.6) is 0 Å². The largest absolute Gasteiger partial charge is 0.366 e. The molecule has 19 heavy (non-hydrogen) atoms. The van der Waals surface area contributed by atoms with Crippen LogP contribution in [0.2, 0.25) is 0 Å². The molecule has 0 atom stereocenters. The predicted octanol–water partition coefficient (Wildman–Crippen LogP) is 3.09. The van der Waals surface area contributed by atoms with Gasteiger partial charge < -0.3 is 5.73 Å². The molecule has 2 rings (SSSR count). The van der Waals surface area contributed by atoms with Crippen LogP contribution in [-0.2, 0) is 0 Å². The van der Waals surface area contributed by atoms with E-state index < -0.39 is 11.8 Å². The van der Waals surface area contributed by atoms with Crippen LogP contribution in [0.1, 0.15) is 58.9 Å². The van der Waals surface area contributed by atoms with Gasteiger partial charge in [0, 0.05) is 24.5 Å². The summed E-state index contributed by atoms with van der Waals surface area (Å²) in [6, 6.07) is 1.72. The zero-order chi connectivity index (χ0) is 14.2. The zero-order valence-corrected chi connectivity index (χ0v) is 11.2. The Bertz CT molecular complexity index is 504. The van der Waals surface area contributed by atoms with Gasteiger partial charge in [0.2, 0.25) is 5.92 Å². The number of aryl methyl sites for hydroxylation is 2. The molecule has 1 fully saturated rings. The maximum absolute atomic E-state index is 13.2. The molecular weight excluding hydrogens is 250 g/mol. The Hall–Kier alpha value is -1.52. The highest BCUT2D eigenvalue weighted by Crippen LogP contribution is 2.41. The second-order valence-corrected chi connectivity index (χ2v) is 5.32. The van der Waals surface area contributed by atoms with Crippen LogP contribution < -0.4 is 5.73 Å². The molecule has 1 aromatic heterocycles. The average Bonchev–Trinajstić information content (AvgIpc) is 2.31. The van der Waals surface area contributed by atoms with Crippen molar-refractivity contribution in [3.63, 3.8) is 0 Å².